The fourth-order valence-corrected chi connectivity index (χ4v) is 3.92. The average molecular weight is 466 g/mol. The minimum absolute atomic E-state index is 0.242. The van der Waals surface area contributed by atoms with Gasteiger partial charge in [-0.15, -0.1) is 0 Å². The van der Waals surface area contributed by atoms with Crippen LogP contribution in [-0.4, -0.2) is 50.0 Å². The first-order valence-electron chi connectivity index (χ1n) is 11.6. The van der Waals surface area contributed by atoms with Crippen LogP contribution in [0.1, 0.15) is 38.2 Å². The van der Waals surface area contributed by atoms with Crippen LogP contribution in [0.4, 0.5) is 11.4 Å². The van der Waals surface area contributed by atoms with Crippen LogP contribution in [0.15, 0.2) is 71.0 Å². The maximum Gasteiger partial charge on any atom is 0.180 e. The number of ether oxygens (including phenoxy) is 2. The molecule has 0 amide bonds. The van der Waals surface area contributed by atoms with Gasteiger partial charge >= 0.3 is 0 Å². The molecule has 1 atom stereocenters. The van der Waals surface area contributed by atoms with Crippen LogP contribution >= 0.6 is 0 Å². The molecule has 2 aromatic carbocycles. The molecule has 1 aliphatic heterocycles. The van der Waals surface area contributed by atoms with Gasteiger partial charge in [-0.25, -0.2) is 0 Å². The maximum atomic E-state index is 9.65. The Morgan fingerprint density at radius 3 is 2.68 bits per heavy atom. The van der Waals surface area contributed by atoms with E-state index in [1.165, 1.54) is 6.20 Å². The number of hydrogen-bond donors (Lipinski definition) is 3. The van der Waals surface area contributed by atoms with Gasteiger partial charge in [0.2, 0.25) is 0 Å². The Hall–Kier alpha value is -3.29. The highest BCUT2D eigenvalue weighted by atomic mass is 16.5. The first-order chi connectivity index (χ1) is 16.4. The molecule has 0 unspecified atom stereocenters. The van der Waals surface area contributed by atoms with Gasteiger partial charge in [-0.1, -0.05) is 13.0 Å². The van der Waals surface area contributed by atoms with Crippen molar-refractivity contribution in [2.75, 3.05) is 31.7 Å². The van der Waals surface area contributed by atoms with Crippen LogP contribution in [0, 0.1) is 0 Å². The predicted molar refractivity (Wildman–Crippen MR) is 137 cm³/mol. The average Bonchev–Trinajstić information content (AvgIpc) is 2.85. The number of aliphatic imine (C=N–C) groups is 1. The smallest absolute Gasteiger partial charge is 0.180 e. The molecule has 2 aromatic rings. The van der Waals surface area contributed by atoms with Crippen LogP contribution in [0.3, 0.4) is 0 Å². The highest BCUT2D eigenvalue weighted by Gasteiger charge is 2.23. The third kappa shape index (κ3) is 6.40. The van der Waals surface area contributed by atoms with Crippen molar-refractivity contribution >= 4 is 18.1 Å². The molecule has 3 rings (SSSR count). The minimum atomic E-state index is -1.59. The number of hydrogen-bond acceptors (Lipinski definition) is 7. The predicted octanol–water partition coefficient (Wildman–Crippen LogP) is 4.50. The van der Waals surface area contributed by atoms with Gasteiger partial charge in [0.15, 0.2) is 6.29 Å². The molecule has 0 radical (unpaired) electrons. The normalized spacial score (nSPS) is 16.0. The summed E-state index contributed by atoms with van der Waals surface area (Å²) >= 11 is 0. The SMILES string of the molecule is C=N/C=C\C(=C(/C)NC[C@@H]1CCOc2cc(N(C)c3ccc(OCCC)cc3)ccc21)C(O)O. The number of nitrogens with zero attached hydrogens (tertiary/aromatic N) is 2. The largest absolute Gasteiger partial charge is 0.494 e. The zero-order chi connectivity index (χ0) is 24.5. The fourth-order valence-electron chi connectivity index (χ4n) is 3.92. The first kappa shape index (κ1) is 25.3. The first-order valence-corrected chi connectivity index (χ1v) is 11.6. The topological polar surface area (TPSA) is 86.6 Å². The van der Waals surface area contributed by atoms with Gasteiger partial charge in [0.05, 0.1) is 13.2 Å². The highest BCUT2D eigenvalue weighted by molar-refractivity contribution is 5.65. The summed E-state index contributed by atoms with van der Waals surface area (Å²) in [7, 11) is 2.03. The van der Waals surface area contributed by atoms with E-state index in [-0.39, 0.29) is 5.92 Å². The second kappa shape index (κ2) is 12.3. The third-order valence-electron chi connectivity index (χ3n) is 5.93. The molecule has 0 saturated carbocycles. The van der Waals surface area contributed by atoms with Crippen LogP contribution in [0.2, 0.25) is 0 Å². The Morgan fingerprint density at radius 2 is 2.00 bits per heavy atom. The number of allylic oxidation sites excluding steroid dienone is 1. The van der Waals surface area contributed by atoms with Crippen molar-refractivity contribution in [1.82, 2.24) is 5.32 Å². The number of benzene rings is 2. The van der Waals surface area contributed by atoms with Crippen molar-refractivity contribution in [3.63, 3.8) is 0 Å². The molecule has 7 nitrogen and oxygen atoms in total. The number of aliphatic hydroxyl groups is 2. The molecule has 182 valence electrons. The molecule has 0 aromatic heterocycles. The van der Waals surface area contributed by atoms with E-state index in [9.17, 15) is 10.2 Å². The summed E-state index contributed by atoms with van der Waals surface area (Å²) in [5.41, 5.74) is 4.30. The molecule has 0 aliphatic carbocycles. The van der Waals surface area contributed by atoms with Crippen LogP contribution in [0.25, 0.3) is 0 Å². The number of aliphatic hydroxyl groups excluding tert-OH is 1. The lowest BCUT2D eigenvalue weighted by molar-refractivity contribution is -0.00591. The zero-order valence-corrected chi connectivity index (χ0v) is 20.2. The summed E-state index contributed by atoms with van der Waals surface area (Å²) in [5.74, 6) is 2.00. The van der Waals surface area contributed by atoms with Gasteiger partial charge in [0.1, 0.15) is 11.5 Å². The van der Waals surface area contributed by atoms with E-state index < -0.39 is 6.29 Å². The summed E-state index contributed by atoms with van der Waals surface area (Å²) in [6.45, 7) is 9.30. The quantitative estimate of drug-likeness (QED) is 0.257. The van der Waals surface area contributed by atoms with Gasteiger partial charge in [0, 0.05) is 54.4 Å². The van der Waals surface area contributed by atoms with E-state index in [1.54, 1.807) is 6.08 Å². The number of nitrogens with one attached hydrogen (secondary N) is 1. The molecule has 0 spiro atoms. The molecular weight excluding hydrogens is 430 g/mol. The summed E-state index contributed by atoms with van der Waals surface area (Å²) in [5, 5.41) is 22.6. The van der Waals surface area contributed by atoms with Crippen LogP contribution in [-0.2, 0) is 0 Å². The number of rotatable bonds is 11. The Labute approximate surface area is 202 Å². The molecule has 3 N–H and O–H groups in total. The van der Waals surface area contributed by atoms with Crippen molar-refractivity contribution < 1.29 is 19.7 Å². The molecule has 0 fully saturated rings. The lowest BCUT2D eigenvalue weighted by Gasteiger charge is -2.29. The Bertz CT molecular complexity index is 1020. The summed E-state index contributed by atoms with van der Waals surface area (Å²) in [4.78, 5) is 5.76. The summed E-state index contributed by atoms with van der Waals surface area (Å²) in [6.07, 6.45) is 3.26. The van der Waals surface area contributed by atoms with Gasteiger partial charge < -0.3 is 29.9 Å². The minimum Gasteiger partial charge on any atom is -0.494 e. The maximum absolute atomic E-state index is 9.65. The van der Waals surface area contributed by atoms with Crippen LogP contribution < -0.4 is 19.7 Å². The second-order valence-electron chi connectivity index (χ2n) is 8.29. The molecular formula is C27H35N3O4. The van der Waals surface area contributed by atoms with Crippen LogP contribution in [0.5, 0.6) is 11.5 Å². The molecule has 1 heterocycles. The lowest BCUT2D eigenvalue weighted by Crippen LogP contribution is -2.27. The van der Waals surface area contributed by atoms with E-state index in [2.05, 4.69) is 59.2 Å². The van der Waals surface area contributed by atoms with Crippen molar-refractivity contribution in [2.24, 2.45) is 4.99 Å². The van der Waals surface area contributed by atoms with Gasteiger partial charge in [-0.2, -0.15) is 0 Å². The van der Waals surface area contributed by atoms with E-state index in [1.807, 2.05) is 26.1 Å². The lowest BCUT2D eigenvalue weighted by atomic mass is 9.92. The van der Waals surface area contributed by atoms with E-state index in [0.29, 0.717) is 31.0 Å². The molecule has 34 heavy (non-hydrogen) atoms. The fraction of sp³-hybridized carbons (Fsp3) is 0.370. The van der Waals surface area contributed by atoms with Gasteiger partial charge in [0.25, 0.3) is 0 Å². The Morgan fingerprint density at radius 1 is 1.26 bits per heavy atom. The van der Waals surface area contributed by atoms with Crippen molar-refractivity contribution in [3.05, 3.63) is 71.6 Å². The monoisotopic (exact) mass is 465 g/mol. The van der Waals surface area contributed by atoms with E-state index in [4.69, 9.17) is 9.47 Å². The third-order valence-corrected chi connectivity index (χ3v) is 5.93. The van der Waals surface area contributed by atoms with E-state index >= 15 is 0 Å². The number of fused-ring (bicyclic) bond motifs is 1. The number of anilines is 2. The molecule has 7 heteroatoms. The zero-order valence-electron chi connectivity index (χ0n) is 20.2. The highest BCUT2D eigenvalue weighted by Crippen LogP contribution is 2.37. The standard InChI is InChI=1S/C27H35N3O4/c1-5-15-33-23-9-6-21(7-10-23)30(4)22-8-11-25-20(13-16-34-26(25)17-22)18-29-19(2)24(27(31)32)12-14-28-3/h6-12,14,17,20,27,29,31-32H,3,5,13,15-16,18H2,1-2,4H3/b14-12-,24-19-/t20-/m0/s1. The molecule has 0 saturated heterocycles. The van der Waals surface area contributed by atoms with Crippen molar-refractivity contribution in [1.29, 1.82) is 0 Å². The van der Waals surface area contributed by atoms with Crippen molar-refractivity contribution in [3.8, 4) is 11.5 Å². The Balaban J connectivity index is 1.72. The van der Waals surface area contributed by atoms with Gasteiger partial charge in [-0.3, -0.25) is 4.99 Å². The van der Waals surface area contributed by atoms with E-state index in [0.717, 1.165) is 41.3 Å². The van der Waals surface area contributed by atoms with Crippen molar-refractivity contribution in [2.45, 2.75) is 38.9 Å². The molecule has 0 bridgehead atoms. The van der Waals surface area contributed by atoms with Gasteiger partial charge in [-0.05, 0) is 68.5 Å². The molecule has 1 aliphatic rings. The second-order valence-corrected chi connectivity index (χ2v) is 8.29. The Kier molecular flexibility index (Phi) is 9.13. The summed E-state index contributed by atoms with van der Waals surface area (Å²) in [6, 6.07) is 14.4. The summed E-state index contributed by atoms with van der Waals surface area (Å²) < 4.78 is 11.7.